The average molecular weight is 377 g/mol. The number of anilines is 1. The molecule has 2 amide bonds. The normalized spacial score (nSPS) is 16.4. The molecule has 0 fully saturated rings. The Balaban J connectivity index is 1.77. The van der Waals surface area contributed by atoms with Gasteiger partial charge in [-0.2, -0.15) is 5.26 Å². The number of carbonyl (C=O) groups excluding carboxylic acids is 2. The average Bonchev–Trinajstić information content (AvgIpc) is 2.67. The molecule has 1 heterocycles. The van der Waals surface area contributed by atoms with Crippen LogP contribution in [0.2, 0.25) is 0 Å². The van der Waals surface area contributed by atoms with Gasteiger partial charge in [-0.1, -0.05) is 54.2 Å². The second-order valence-electron chi connectivity index (χ2n) is 6.22. The lowest BCUT2D eigenvalue weighted by molar-refractivity contribution is -0.121. The fraction of sp³-hybridized carbons (Fsp3) is 0.190. The predicted molar refractivity (Wildman–Crippen MR) is 107 cm³/mol. The van der Waals surface area contributed by atoms with Crippen LogP contribution in [-0.2, 0) is 9.59 Å². The van der Waals surface area contributed by atoms with E-state index < -0.39 is 0 Å². The molecular formula is C21H19N3O2S. The molecule has 2 aromatic carbocycles. The first kappa shape index (κ1) is 18.7. The first-order valence-corrected chi connectivity index (χ1v) is 9.54. The second-order valence-corrected chi connectivity index (χ2v) is 7.20. The number of para-hydroxylation sites is 1. The summed E-state index contributed by atoms with van der Waals surface area (Å²) in [4.78, 5) is 24.4. The summed E-state index contributed by atoms with van der Waals surface area (Å²) >= 11 is 1.18. The monoisotopic (exact) mass is 377 g/mol. The van der Waals surface area contributed by atoms with Crippen molar-refractivity contribution in [3.05, 3.63) is 76.3 Å². The molecule has 1 aliphatic heterocycles. The van der Waals surface area contributed by atoms with Crippen molar-refractivity contribution in [1.29, 1.82) is 5.26 Å². The van der Waals surface area contributed by atoms with Gasteiger partial charge in [0.05, 0.1) is 22.4 Å². The molecule has 0 radical (unpaired) electrons. The van der Waals surface area contributed by atoms with Gasteiger partial charge in [0.25, 0.3) is 0 Å². The van der Waals surface area contributed by atoms with Crippen molar-refractivity contribution in [2.24, 2.45) is 0 Å². The van der Waals surface area contributed by atoms with Crippen molar-refractivity contribution in [2.75, 3.05) is 11.1 Å². The molecule has 0 spiro atoms. The van der Waals surface area contributed by atoms with E-state index in [-0.39, 0.29) is 29.9 Å². The van der Waals surface area contributed by atoms with Crippen LogP contribution >= 0.6 is 11.8 Å². The number of hydrogen-bond donors (Lipinski definition) is 2. The summed E-state index contributed by atoms with van der Waals surface area (Å²) < 4.78 is 0. The van der Waals surface area contributed by atoms with Crippen LogP contribution in [0.3, 0.4) is 0 Å². The van der Waals surface area contributed by atoms with Crippen LogP contribution < -0.4 is 10.6 Å². The van der Waals surface area contributed by atoms with Crippen molar-refractivity contribution in [3.8, 4) is 6.07 Å². The summed E-state index contributed by atoms with van der Waals surface area (Å²) in [5.41, 5.74) is 3.22. The predicted octanol–water partition coefficient (Wildman–Crippen LogP) is 3.71. The maximum atomic E-state index is 12.2. The Morgan fingerprint density at radius 1 is 1.22 bits per heavy atom. The van der Waals surface area contributed by atoms with E-state index in [1.807, 2.05) is 49.4 Å². The lowest BCUT2D eigenvalue weighted by Crippen LogP contribution is -2.31. The molecule has 136 valence electrons. The highest BCUT2D eigenvalue weighted by molar-refractivity contribution is 8.03. The van der Waals surface area contributed by atoms with E-state index in [1.54, 1.807) is 12.1 Å². The molecule has 0 saturated carbocycles. The first-order chi connectivity index (χ1) is 13.1. The topological polar surface area (TPSA) is 82.0 Å². The third-order valence-electron chi connectivity index (χ3n) is 4.33. The van der Waals surface area contributed by atoms with Gasteiger partial charge in [0.1, 0.15) is 0 Å². The van der Waals surface area contributed by atoms with Crippen molar-refractivity contribution in [2.45, 2.75) is 19.3 Å². The van der Waals surface area contributed by atoms with Crippen molar-refractivity contribution in [3.63, 3.8) is 0 Å². The van der Waals surface area contributed by atoms with Gasteiger partial charge in [-0.15, -0.1) is 0 Å². The number of allylic oxidation sites excluding steroid dienone is 1. The number of nitrogens with one attached hydrogen (secondary N) is 2. The molecule has 2 aromatic rings. The summed E-state index contributed by atoms with van der Waals surface area (Å²) in [5.74, 6) is -0.517. The lowest BCUT2D eigenvalue weighted by Gasteiger charge is -2.26. The van der Waals surface area contributed by atoms with Gasteiger partial charge < -0.3 is 10.6 Å². The summed E-state index contributed by atoms with van der Waals surface area (Å²) in [6.07, 6.45) is 0.230. The number of thioether (sulfide) groups is 1. The van der Waals surface area contributed by atoms with E-state index in [2.05, 4.69) is 16.7 Å². The quantitative estimate of drug-likeness (QED) is 0.832. The van der Waals surface area contributed by atoms with E-state index in [4.69, 9.17) is 0 Å². The van der Waals surface area contributed by atoms with Crippen LogP contribution in [-0.4, -0.2) is 17.6 Å². The Bertz CT molecular complexity index is 932. The fourth-order valence-electron chi connectivity index (χ4n) is 3.03. The Morgan fingerprint density at radius 3 is 2.63 bits per heavy atom. The molecular weight excluding hydrogens is 358 g/mol. The molecule has 6 heteroatoms. The minimum absolute atomic E-state index is 0.107. The minimum Gasteiger partial charge on any atom is -0.325 e. The molecule has 0 saturated heterocycles. The Hall–Kier alpha value is -3.04. The van der Waals surface area contributed by atoms with Crippen LogP contribution in [0.4, 0.5) is 5.69 Å². The highest BCUT2D eigenvalue weighted by Crippen LogP contribution is 2.37. The molecule has 0 aromatic heterocycles. The highest BCUT2D eigenvalue weighted by Gasteiger charge is 2.30. The van der Waals surface area contributed by atoms with Gasteiger partial charge in [-0.05, 0) is 30.2 Å². The smallest absolute Gasteiger partial charge is 0.234 e. The molecule has 1 atom stereocenters. The SMILES string of the molecule is Cc1ccccc1[C@H]1CC(=O)NC(SCC(=O)Nc2ccccc2)=C1C#N. The maximum absolute atomic E-state index is 12.2. The zero-order chi connectivity index (χ0) is 19.2. The zero-order valence-electron chi connectivity index (χ0n) is 14.9. The third-order valence-corrected chi connectivity index (χ3v) is 5.34. The maximum Gasteiger partial charge on any atom is 0.234 e. The van der Waals surface area contributed by atoms with E-state index in [9.17, 15) is 14.9 Å². The number of benzene rings is 2. The number of amides is 2. The molecule has 3 rings (SSSR count). The van der Waals surface area contributed by atoms with Crippen molar-refractivity contribution >= 4 is 29.3 Å². The standard InChI is InChI=1S/C21H19N3O2S/c1-14-7-5-6-10-16(14)17-11-19(25)24-21(18(17)12-22)27-13-20(26)23-15-8-3-2-4-9-15/h2-10,17H,11,13H2,1H3,(H,23,26)(H,24,25)/t17-/m1/s1. The molecule has 5 nitrogen and oxygen atoms in total. The van der Waals surface area contributed by atoms with E-state index in [0.717, 1.165) is 11.1 Å². The van der Waals surface area contributed by atoms with Crippen LogP contribution in [0.5, 0.6) is 0 Å². The Morgan fingerprint density at radius 2 is 1.93 bits per heavy atom. The highest BCUT2D eigenvalue weighted by atomic mass is 32.2. The minimum atomic E-state index is -0.287. The van der Waals surface area contributed by atoms with Crippen LogP contribution in [0.15, 0.2) is 65.2 Å². The number of carbonyl (C=O) groups is 2. The van der Waals surface area contributed by atoms with Crippen molar-refractivity contribution < 1.29 is 9.59 Å². The van der Waals surface area contributed by atoms with Gasteiger partial charge in [0.15, 0.2) is 0 Å². The van der Waals surface area contributed by atoms with E-state index >= 15 is 0 Å². The molecule has 0 unspecified atom stereocenters. The Labute approximate surface area is 162 Å². The molecule has 0 bridgehead atoms. The Kier molecular flexibility index (Phi) is 5.94. The number of rotatable bonds is 5. The number of nitriles is 1. The van der Waals surface area contributed by atoms with Crippen molar-refractivity contribution in [1.82, 2.24) is 5.32 Å². The fourth-order valence-corrected chi connectivity index (χ4v) is 3.91. The summed E-state index contributed by atoms with van der Waals surface area (Å²) in [6.45, 7) is 1.97. The van der Waals surface area contributed by atoms with Crippen LogP contribution in [0, 0.1) is 18.3 Å². The third kappa shape index (κ3) is 4.57. The second kappa shape index (κ2) is 8.56. The first-order valence-electron chi connectivity index (χ1n) is 8.56. The van der Waals surface area contributed by atoms with Gasteiger partial charge in [0.2, 0.25) is 11.8 Å². The molecule has 27 heavy (non-hydrogen) atoms. The number of nitrogens with zero attached hydrogens (tertiary/aromatic N) is 1. The van der Waals surface area contributed by atoms with Gasteiger partial charge in [0, 0.05) is 18.0 Å². The molecule has 0 aliphatic carbocycles. The van der Waals surface area contributed by atoms with Gasteiger partial charge in [-0.25, -0.2) is 0 Å². The zero-order valence-corrected chi connectivity index (χ0v) is 15.7. The number of hydrogen-bond acceptors (Lipinski definition) is 4. The van der Waals surface area contributed by atoms with Gasteiger partial charge >= 0.3 is 0 Å². The van der Waals surface area contributed by atoms with Gasteiger partial charge in [-0.3, -0.25) is 9.59 Å². The summed E-state index contributed by atoms with van der Waals surface area (Å²) in [6, 6.07) is 19.2. The molecule has 2 N–H and O–H groups in total. The van der Waals surface area contributed by atoms with Crippen LogP contribution in [0.1, 0.15) is 23.5 Å². The largest absolute Gasteiger partial charge is 0.325 e. The number of aryl methyl sites for hydroxylation is 1. The van der Waals surface area contributed by atoms with Crippen LogP contribution in [0.25, 0.3) is 0 Å². The summed E-state index contributed by atoms with van der Waals surface area (Å²) in [5, 5.41) is 15.7. The lowest BCUT2D eigenvalue weighted by atomic mass is 9.85. The van der Waals surface area contributed by atoms with E-state index in [1.165, 1.54) is 11.8 Å². The van der Waals surface area contributed by atoms with E-state index in [0.29, 0.717) is 16.3 Å². The molecule has 1 aliphatic rings. The summed E-state index contributed by atoms with van der Waals surface area (Å²) in [7, 11) is 0.